The average Bonchev–Trinajstić information content (AvgIpc) is 4.27. The number of nitrogens with zero attached hydrogens (tertiary/aromatic N) is 5. The van der Waals surface area contributed by atoms with E-state index in [9.17, 15) is 63.0 Å². The summed E-state index contributed by atoms with van der Waals surface area (Å²) < 4.78 is 0. The summed E-state index contributed by atoms with van der Waals surface area (Å²) in [6.07, 6.45) is 2.47. The molecule has 442 valence electrons. The molecule has 27 nitrogen and oxygen atoms in total. The number of hydrogen-bond acceptors (Lipinski definition) is 14. The van der Waals surface area contributed by atoms with Gasteiger partial charge in [-0.05, 0) is 107 Å². The van der Waals surface area contributed by atoms with Crippen LogP contribution in [0.5, 0.6) is 5.75 Å². The summed E-state index contributed by atoms with van der Waals surface area (Å²) in [6, 6.07) is -4.59. The molecule has 80 heavy (non-hydrogen) atoms. The fraction of sp³-hybridized carbons (Fsp3) is 0.660. The molecule has 0 radical (unpaired) electrons. The molecule has 4 heterocycles. The molecule has 10 amide bonds. The molecule has 1 aromatic rings. The second-order valence-electron chi connectivity index (χ2n) is 21.8. The van der Waals surface area contributed by atoms with Gasteiger partial charge in [-0.2, -0.15) is 0 Å². The summed E-state index contributed by atoms with van der Waals surface area (Å²) in [4.78, 5) is 160. The molecular formula is C53H82N14O13. The molecule has 4 fully saturated rings. The molecule has 9 atom stereocenters. The third-order valence-corrected chi connectivity index (χ3v) is 15.0. The van der Waals surface area contributed by atoms with Gasteiger partial charge in [0, 0.05) is 45.6 Å². The Morgan fingerprint density at radius 1 is 0.613 bits per heavy atom. The van der Waals surface area contributed by atoms with Crippen molar-refractivity contribution in [2.24, 2.45) is 39.8 Å². The number of amides is 10. The van der Waals surface area contributed by atoms with E-state index in [2.05, 4.69) is 31.6 Å². The Hall–Kier alpha value is -7.58. The smallest absolute Gasteiger partial charge is 0.326 e. The third kappa shape index (κ3) is 17.2. The van der Waals surface area contributed by atoms with Crippen molar-refractivity contribution < 1.29 is 63.0 Å². The number of primary amides is 1. The van der Waals surface area contributed by atoms with Gasteiger partial charge in [-0.15, -0.1) is 0 Å². The minimum Gasteiger partial charge on any atom is -0.508 e. The predicted octanol–water partition coefficient (Wildman–Crippen LogP) is -2.61. The van der Waals surface area contributed by atoms with E-state index in [0.717, 1.165) is 0 Å². The number of aliphatic imine (C=N–C) groups is 1. The second kappa shape index (κ2) is 29.6. The number of phenols is 1. The molecule has 0 aliphatic carbocycles. The highest BCUT2D eigenvalue weighted by Crippen LogP contribution is 2.27. The quantitative estimate of drug-likeness (QED) is 0.0244. The van der Waals surface area contributed by atoms with E-state index in [-0.39, 0.29) is 114 Å². The molecule has 0 unspecified atom stereocenters. The van der Waals surface area contributed by atoms with Gasteiger partial charge in [0.25, 0.3) is 0 Å². The SMILES string of the molecule is CC(C)C[C@H](NC(=O)[C@@H]1CCCN1C(=O)[C@H](CCC(N)=O)NC(=O)[C@H](Cc1ccc(O)cc1)NC(=O)[C@@H]1CCCN1C(=O)[C@@H]1CCCN1C(=O)CN)C(=O)N[C@H](C(=O)N1CCC[C@H]1C(=O)N[C@@H](CCCN=C(N)N)C(=O)O)C(C)C. The first kappa shape index (κ1) is 63.3. The Bertz CT molecular complexity index is 2450. The van der Waals surface area contributed by atoms with Crippen LogP contribution in [0.1, 0.15) is 117 Å². The molecule has 0 bridgehead atoms. The highest BCUT2D eigenvalue weighted by molar-refractivity contribution is 5.99. The first-order valence-electron chi connectivity index (χ1n) is 27.7. The van der Waals surface area contributed by atoms with Crippen LogP contribution in [0.15, 0.2) is 29.3 Å². The fourth-order valence-electron chi connectivity index (χ4n) is 10.8. The van der Waals surface area contributed by atoms with Crippen molar-refractivity contribution in [3.05, 3.63) is 29.8 Å². The lowest BCUT2D eigenvalue weighted by molar-refractivity contribution is -0.146. The molecule has 4 aliphatic rings. The maximum absolute atomic E-state index is 14.7. The number of carbonyl (C=O) groups is 11. The van der Waals surface area contributed by atoms with Crippen LogP contribution in [-0.4, -0.2) is 194 Å². The zero-order valence-electron chi connectivity index (χ0n) is 46.2. The normalized spacial score (nSPS) is 20.8. The molecule has 0 spiro atoms. The Morgan fingerprint density at radius 3 is 1.64 bits per heavy atom. The van der Waals surface area contributed by atoms with Crippen molar-refractivity contribution in [3.8, 4) is 5.75 Å². The van der Waals surface area contributed by atoms with Crippen LogP contribution >= 0.6 is 0 Å². The topological polar surface area (TPSA) is 418 Å². The van der Waals surface area contributed by atoms with Crippen molar-refractivity contribution in [1.82, 2.24) is 46.2 Å². The van der Waals surface area contributed by atoms with Gasteiger partial charge in [-0.1, -0.05) is 39.8 Å². The number of carboxylic acids is 1. The lowest BCUT2D eigenvalue weighted by atomic mass is 9.98. The van der Waals surface area contributed by atoms with E-state index in [1.165, 1.54) is 31.7 Å². The molecular weight excluding hydrogens is 1040 g/mol. The lowest BCUT2D eigenvalue weighted by Crippen LogP contribution is -2.61. The van der Waals surface area contributed by atoms with Crippen molar-refractivity contribution in [3.63, 3.8) is 0 Å². The summed E-state index contributed by atoms with van der Waals surface area (Å²) >= 11 is 0. The summed E-state index contributed by atoms with van der Waals surface area (Å²) in [5.74, 6) is -8.66. The van der Waals surface area contributed by atoms with Crippen LogP contribution in [0.2, 0.25) is 0 Å². The molecule has 4 saturated heterocycles. The number of aliphatic carboxylic acids is 1. The van der Waals surface area contributed by atoms with E-state index >= 15 is 0 Å². The van der Waals surface area contributed by atoms with Crippen LogP contribution in [0.25, 0.3) is 0 Å². The maximum atomic E-state index is 14.7. The van der Waals surface area contributed by atoms with Gasteiger partial charge in [0.15, 0.2) is 5.96 Å². The standard InChI is InChI=1S/C53H82N14O13/c1-29(2)26-35(45(72)63-43(30(3)4)51(78)67-25-8-13-39(67)46(73)60-34(52(79)80)10-5-21-58-53(56)57)61-47(74)37-11-6-23-65(37)49(76)33(19-20-41(55)69)59-44(71)36(27-31-15-17-32(68)18-16-31)62-48(75)38-12-7-24-66(38)50(77)40-14-9-22-64(40)42(70)28-54/h15-18,29-30,33-40,43,68H,5-14,19-28,54H2,1-4H3,(H2,55,69)(H,59,71)(H,60,73)(H,61,74)(H,62,75)(H,63,72)(H,79,80)(H4,56,57,58)/t33-,34-,35-,36-,37-,38-,39-,40-,43-/m0/s1. The van der Waals surface area contributed by atoms with Gasteiger partial charge in [0.2, 0.25) is 59.1 Å². The number of carboxylic acid groups (broad SMARTS) is 1. The van der Waals surface area contributed by atoms with Crippen molar-refractivity contribution in [1.29, 1.82) is 0 Å². The van der Waals surface area contributed by atoms with Crippen molar-refractivity contribution in [2.75, 3.05) is 39.3 Å². The summed E-state index contributed by atoms with van der Waals surface area (Å²) in [5.41, 5.74) is 22.4. The summed E-state index contributed by atoms with van der Waals surface area (Å²) in [7, 11) is 0. The van der Waals surface area contributed by atoms with Crippen LogP contribution in [0.4, 0.5) is 0 Å². The zero-order chi connectivity index (χ0) is 59.0. The highest BCUT2D eigenvalue weighted by atomic mass is 16.4. The van der Waals surface area contributed by atoms with Gasteiger partial charge in [-0.3, -0.25) is 52.9 Å². The van der Waals surface area contributed by atoms with E-state index in [1.54, 1.807) is 26.0 Å². The highest BCUT2D eigenvalue weighted by Gasteiger charge is 2.45. The number of aromatic hydroxyl groups is 1. The minimum absolute atomic E-state index is 0.0185. The number of likely N-dealkylation sites (tertiary alicyclic amines) is 4. The maximum Gasteiger partial charge on any atom is 0.326 e. The molecule has 5 rings (SSSR count). The lowest BCUT2D eigenvalue weighted by Gasteiger charge is -2.33. The number of rotatable bonds is 27. The van der Waals surface area contributed by atoms with E-state index in [4.69, 9.17) is 22.9 Å². The first-order valence-corrected chi connectivity index (χ1v) is 27.7. The monoisotopic (exact) mass is 1120 g/mol. The minimum atomic E-state index is -1.45. The van der Waals surface area contributed by atoms with E-state index < -0.39 is 119 Å². The zero-order valence-corrected chi connectivity index (χ0v) is 46.2. The first-order chi connectivity index (χ1) is 37.9. The van der Waals surface area contributed by atoms with Gasteiger partial charge in [-0.25, -0.2) is 4.79 Å². The Labute approximate surface area is 465 Å². The summed E-state index contributed by atoms with van der Waals surface area (Å²) in [6.45, 7) is 7.70. The number of phenolic OH excluding ortho intramolecular Hbond substituents is 1. The Kier molecular flexibility index (Phi) is 23.4. The number of nitrogens with two attached hydrogens (primary N) is 4. The molecule has 27 heteroatoms. The molecule has 4 aliphatic heterocycles. The van der Waals surface area contributed by atoms with Gasteiger partial charge in [0.05, 0.1) is 6.54 Å². The van der Waals surface area contributed by atoms with Crippen LogP contribution < -0.4 is 49.5 Å². The van der Waals surface area contributed by atoms with Crippen LogP contribution in [0, 0.1) is 11.8 Å². The molecule has 1 aromatic carbocycles. The predicted molar refractivity (Wildman–Crippen MR) is 290 cm³/mol. The van der Waals surface area contributed by atoms with Gasteiger partial charge < -0.3 is 79.3 Å². The fourth-order valence-corrected chi connectivity index (χ4v) is 10.8. The Morgan fingerprint density at radius 2 is 1.11 bits per heavy atom. The number of guanidine groups is 1. The average molecular weight is 1120 g/mol. The van der Waals surface area contributed by atoms with Crippen LogP contribution in [-0.2, 0) is 59.2 Å². The third-order valence-electron chi connectivity index (χ3n) is 15.0. The Balaban J connectivity index is 1.30. The number of benzene rings is 1. The molecule has 0 aromatic heterocycles. The van der Waals surface area contributed by atoms with Crippen molar-refractivity contribution >= 4 is 71.0 Å². The van der Waals surface area contributed by atoms with E-state index in [0.29, 0.717) is 44.2 Å². The second-order valence-corrected chi connectivity index (χ2v) is 21.8. The molecule has 0 saturated carbocycles. The van der Waals surface area contributed by atoms with Gasteiger partial charge in [0.1, 0.15) is 60.1 Å². The van der Waals surface area contributed by atoms with Gasteiger partial charge >= 0.3 is 5.97 Å². The number of carbonyl (C=O) groups excluding carboxylic acids is 10. The number of nitrogens with one attached hydrogen (secondary N) is 5. The summed E-state index contributed by atoms with van der Waals surface area (Å²) in [5, 5.41) is 33.4. The largest absolute Gasteiger partial charge is 0.508 e. The van der Waals surface area contributed by atoms with Crippen LogP contribution in [0.3, 0.4) is 0 Å². The van der Waals surface area contributed by atoms with E-state index in [1.807, 2.05) is 13.8 Å². The number of hydrogen-bond donors (Lipinski definition) is 11. The van der Waals surface area contributed by atoms with Crippen molar-refractivity contribution in [2.45, 2.75) is 172 Å². The molecule has 15 N–H and O–H groups in total.